The first-order valence-electron chi connectivity index (χ1n) is 5.29. The van der Waals surface area contributed by atoms with E-state index in [9.17, 15) is 4.79 Å². The van der Waals surface area contributed by atoms with E-state index in [1.54, 1.807) is 6.20 Å². The molecule has 1 N–H and O–H groups in total. The van der Waals surface area contributed by atoms with Crippen LogP contribution in [0.15, 0.2) is 11.6 Å². The zero-order chi connectivity index (χ0) is 11.6. The van der Waals surface area contributed by atoms with Crippen molar-refractivity contribution >= 4 is 17.2 Å². The van der Waals surface area contributed by atoms with Gasteiger partial charge in [0.15, 0.2) is 0 Å². The molecule has 1 amide bonds. The molecule has 1 aliphatic carbocycles. The molecule has 1 saturated carbocycles. The smallest absolute Gasteiger partial charge is 0.241 e. The SMILES string of the molecule is CC(NC(=O)C1(C#N)CCC1)c1nccs1. The van der Waals surface area contributed by atoms with Crippen molar-refractivity contribution in [3.63, 3.8) is 0 Å². The second-order valence-corrected chi connectivity index (χ2v) is 5.04. The van der Waals surface area contributed by atoms with E-state index >= 15 is 0 Å². The number of carbonyl (C=O) groups is 1. The third kappa shape index (κ3) is 1.81. The normalized spacial score (nSPS) is 19.2. The van der Waals surface area contributed by atoms with E-state index in [1.165, 1.54) is 11.3 Å². The van der Waals surface area contributed by atoms with Crippen LogP contribution >= 0.6 is 11.3 Å². The van der Waals surface area contributed by atoms with Crippen molar-refractivity contribution < 1.29 is 4.79 Å². The summed E-state index contributed by atoms with van der Waals surface area (Å²) in [6.45, 7) is 1.89. The molecule has 0 radical (unpaired) electrons. The Balaban J connectivity index is 2.00. The average Bonchev–Trinajstić information content (AvgIpc) is 2.69. The number of amides is 1. The van der Waals surface area contributed by atoms with Crippen LogP contribution in [-0.2, 0) is 4.79 Å². The minimum absolute atomic E-state index is 0.113. The van der Waals surface area contributed by atoms with E-state index in [4.69, 9.17) is 5.26 Å². The molecule has 1 aromatic rings. The number of nitrogens with zero attached hydrogens (tertiary/aromatic N) is 2. The van der Waals surface area contributed by atoms with Gasteiger partial charge in [-0.3, -0.25) is 4.79 Å². The Bertz CT molecular complexity index is 417. The van der Waals surface area contributed by atoms with Crippen molar-refractivity contribution in [2.24, 2.45) is 5.41 Å². The molecule has 4 nitrogen and oxygen atoms in total. The van der Waals surface area contributed by atoms with Crippen molar-refractivity contribution in [2.45, 2.75) is 32.2 Å². The molecule has 5 heteroatoms. The summed E-state index contributed by atoms with van der Waals surface area (Å²) in [5.41, 5.74) is -0.772. The minimum atomic E-state index is -0.772. The molecule has 1 aliphatic rings. The summed E-state index contributed by atoms with van der Waals surface area (Å²) in [7, 11) is 0. The molecule has 16 heavy (non-hydrogen) atoms. The highest BCUT2D eigenvalue weighted by atomic mass is 32.1. The van der Waals surface area contributed by atoms with Gasteiger partial charge >= 0.3 is 0 Å². The van der Waals surface area contributed by atoms with E-state index in [0.717, 1.165) is 11.4 Å². The van der Waals surface area contributed by atoms with Crippen LogP contribution in [0.25, 0.3) is 0 Å². The Morgan fingerprint density at radius 2 is 2.50 bits per heavy atom. The molecule has 2 rings (SSSR count). The Kier molecular flexibility index (Phi) is 2.92. The Labute approximate surface area is 98.3 Å². The maximum Gasteiger partial charge on any atom is 0.241 e. The van der Waals surface area contributed by atoms with Crippen LogP contribution in [0.3, 0.4) is 0 Å². The number of hydrogen-bond acceptors (Lipinski definition) is 4. The van der Waals surface area contributed by atoms with Gasteiger partial charge in [-0.25, -0.2) is 4.98 Å². The fourth-order valence-corrected chi connectivity index (χ4v) is 2.41. The summed E-state index contributed by atoms with van der Waals surface area (Å²) < 4.78 is 0. The van der Waals surface area contributed by atoms with Gasteiger partial charge in [0.1, 0.15) is 10.4 Å². The van der Waals surface area contributed by atoms with Crippen molar-refractivity contribution in [2.75, 3.05) is 0 Å². The van der Waals surface area contributed by atoms with E-state index in [2.05, 4.69) is 16.4 Å². The van der Waals surface area contributed by atoms with Gasteiger partial charge in [-0.2, -0.15) is 5.26 Å². The number of carbonyl (C=O) groups excluding carboxylic acids is 1. The van der Waals surface area contributed by atoms with E-state index in [1.807, 2.05) is 12.3 Å². The van der Waals surface area contributed by atoms with Gasteiger partial charge in [0, 0.05) is 11.6 Å². The first-order valence-corrected chi connectivity index (χ1v) is 6.17. The molecule has 1 fully saturated rings. The largest absolute Gasteiger partial charge is 0.346 e. The lowest BCUT2D eigenvalue weighted by molar-refractivity contribution is -0.132. The third-order valence-electron chi connectivity index (χ3n) is 3.03. The molecule has 0 aromatic carbocycles. The van der Waals surface area contributed by atoms with Gasteiger partial charge in [-0.15, -0.1) is 11.3 Å². The lowest BCUT2D eigenvalue weighted by Crippen LogP contribution is -2.45. The van der Waals surface area contributed by atoms with Gasteiger partial charge in [0.05, 0.1) is 12.1 Å². The number of nitrogens with one attached hydrogen (secondary N) is 1. The second-order valence-electron chi connectivity index (χ2n) is 4.11. The van der Waals surface area contributed by atoms with Gasteiger partial charge in [-0.1, -0.05) is 0 Å². The highest BCUT2D eigenvalue weighted by Crippen LogP contribution is 2.40. The first kappa shape index (κ1) is 11.1. The summed E-state index contributed by atoms with van der Waals surface area (Å²) >= 11 is 1.51. The van der Waals surface area contributed by atoms with E-state index < -0.39 is 5.41 Å². The number of thiazole rings is 1. The molecule has 0 bridgehead atoms. The van der Waals surface area contributed by atoms with E-state index in [-0.39, 0.29) is 11.9 Å². The van der Waals surface area contributed by atoms with Crippen LogP contribution < -0.4 is 5.32 Å². The minimum Gasteiger partial charge on any atom is -0.346 e. The molecule has 1 heterocycles. The van der Waals surface area contributed by atoms with Gasteiger partial charge in [0.25, 0.3) is 0 Å². The first-order chi connectivity index (χ1) is 7.68. The number of hydrogen-bond donors (Lipinski definition) is 1. The second kappa shape index (κ2) is 4.22. The highest BCUT2D eigenvalue weighted by molar-refractivity contribution is 7.09. The van der Waals surface area contributed by atoms with Crippen molar-refractivity contribution in [1.29, 1.82) is 5.26 Å². The molecule has 84 valence electrons. The standard InChI is InChI=1S/C11H13N3OS/c1-8(9-13-5-6-16-9)14-10(15)11(7-12)3-2-4-11/h5-6,8H,2-4H2,1H3,(H,14,15). The van der Waals surface area contributed by atoms with Gasteiger partial charge in [0.2, 0.25) is 5.91 Å². The fourth-order valence-electron chi connectivity index (χ4n) is 1.76. The molecular weight excluding hydrogens is 222 g/mol. The average molecular weight is 235 g/mol. The molecule has 1 unspecified atom stereocenters. The van der Waals surface area contributed by atoms with E-state index in [0.29, 0.717) is 12.8 Å². The molecule has 0 spiro atoms. The lowest BCUT2D eigenvalue weighted by Gasteiger charge is -2.34. The third-order valence-corrected chi connectivity index (χ3v) is 3.98. The molecule has 1 atom stereocenters. The maximum absolute atomic E-state index is 11.9. The van der Waals surface area contributed by atoms with Gasteiger partial charge in [-0.05, 0) is 26.2 Å². The predicted molar refractivity (Wildman–Crippen MR) is 60.6 cm³/mol. The predicted octanol–water partition coefficient (Wildman–Crippen LogP) is 2.01. The maximum atomic E-state index is 11.9. The molecular formula is C11H13N3OS. The zero-order valence-electron chi connectivity index (χ0n) is 9.06. The Morgan fingerprint density at radius 1 is 1.75 bits per heavy atom. The van der Waals surface area contributed by atoms with Crippen molar-refractivity contribution in [3.05, 3.63) is 16.6 Å². The summed E-state index contributed by atoms with van der Waals surface area (Å²) in [6.07, 6.45) is 4.04. The summed E-state index contributed by atoms with van der Waals surface area (Å²) in [5, 5.41) is 14.6. The monoisotopic (exact) mass is 235 g/mol. The number of nitriles is 1. The fraction of sp³-hybridized carbons (Fsp3) is 0.545. The van der Waals surface area contributed by atoms with Crippen LogP contribution in [0.4, 0.5) is 0 Å². The van der Waals surface area contributed by atoms with Crippen LogP contribution in [0.5, 0.6) is 0 Å². The number of aromatic nitrogens is 1. The zero-order valence-corrected chi connectivity index (χ0v) is 9.88. The molecule has 1 aromatic heterocycles. The summed E-state index contributed by atoms with van der Waals surface area (Å²) in [6, 6.07) is 2.02. The van der Waals surface area contributed by atoms with Gasteiger partial charge < -0.3 is 5.32 Å². The van der Waals surface area contributed by atoms with Crippen LogP contribution in [-0.4, -0.2) is 10.9 Å². The van der Waals surface area contributed by atoms with Crippen LogP contribution in [0.2, 0.25) is 0 Å². The molecule has 0 aliphatic heterocycles. The quantitative estimate of drug-likeness (QED) is 0.871. The lowest BCUT2D eigenvalue weighted by atomic mass is 9.69. The summed E-state index contributed by atoms with van der Waals surface area (Å²) in [4.78, 5) is 16.1. The Hall–Kier alpha value is -1.41. The van der Waals surface area contributed by atoms with Crippen molar-refractivity contribution in [1.82, 2.24) is 10.3 Å². The summed E-state index contributed by atoms with van der Waals surface area (Å²) in [5.74, 6) is -0.149. The highest BCUT2D eigenvalue weighted by Gasteiger charge is 2.45. The molecule has 0 saturated heterocycles. The van der Waals surface area contributed by atoms with Crippen LogP contribution in [0, 0.1) is 16.7 Å². The Morgan fingerprint density at radius 3 is 2.94 bits per heavy atom. The topological polar surface area (TPSA) is 65.8 Å². The van der Waals surface area contributed by atoms with Crippen LogP contribution in [0.1, 0.15) is 37.2 Å². The number of rotatable bonds is 3. The van der Waals surface area contributed by atoms with Crippen molar-refractivity contribution in [3.8, 4) is 6.07 Å².